The second-order valence-corrected chi connectivity index (χ2v) is 4.76. The molecule has 0 heterocycles. The second-order valence-electron chi connectivity index (χ2n) is 4.76. The lowest BCUT2D eigenvalue weighted by Crippen LogP contribution is -2.30. The molecule has 1 aromatic carbocycles. The van der Waals surface area contributed by atoms with Gasteiger partial charge in [-0.1, -0.05) is 32.0 Å². The number of carbonyl (C=O) groups excluding carboxylic acids is 2. The predicted molar refractivity (Wildman–Crippen MR) is 73.3 cm³/mol. The van der Waals surface area contributed by atoms with E-state index in [2.05, 4.69) is 19.2 Å². The summed E-state index contributed by atoms with van der Waals surface area (Å²) in [5.74, 6) is -0.354. The first-order chi connectivity index (χ1) is 9.50. The van der Waals surface area contributed by atoms with E-state index in [9.17, 15) is 14.7 Å². The Labute approximate surface area is 118 Å². The lowest BCUT2D eigenvalue weighted by molar-refractivity contribution is -0.305. The molecule has 0 saturated carbocycles. The van der Waals surface area contributed by atoms with E-state index in [1.165, 1.54) is 0 Å². The Balaban J connectivity index is 2.31. The summed E-state index contributed by atoms with van der Waals surface area (Å²) in [6, 6.07) is 7.77. The summed E-state index contributed by atoms with van der Waals surface area (Å²) in [6.45, 7) is 4.87. The third kappa shape index (κ3) is 5.73. The normalized spacial score (nSPS) is 10.3. The highest BCUT2D eigenvalue weighted by molar-refractivity contribution is 5.79. The Morgan fingerprint density at radius 1 is 1.25 bits per heavy atom. The average molecular weight is 278 g/mol. The molecule has 5 heteroatoms. The van der Waals surface area contributed by atoms with Crippen molar-refractivity contribution in [1.82, 2.24) is 5.32 Å². The fourth-order valence-electron chi connectivity index (χ4n) is 1.74. The Morgan fingerprint density at radius 2 is 1.95 bits per heavy atom. The van der Waals surface area contributed by atoms with Crippen molar-refractivity contribution >= 4 is 11.9 Å². The maximum absolute atomic E-state index is 11.3. The van der Waals surface area contributed by atoms with Crippen molar-refractivity contribution in [3.05, 3.63) is 29.8 Å². The molecule has 1 aromatic rings. The maximum atomic E-state index is 11.3. The molecular weight excluding hydrogens is 258 g/mol. The van der Waals surface area contributed by atoms with Crippen LogP contribution >= 0.6 is 0 Å². The molecule has 0 fully saturated rings. The van der Waals surface area contributed by atoms with Crippen molar-refractivity contribution in [3.8, 4) is 5.75 Å². The summed E-state index contributed by atoms with van der Waals surface area (Å²) in [6.07, 6.45) is -0.326. The first-order valence-electron chi connectivity index (χ1n) is 6.69. The highest BCUT2D eigenvalue weighted by atomic mass is 16.5. The molecule has 5 nitrogen and oxygen atoms in total. The Bertz CT molecular complexity index is 457. The predicted octanol–water partition coefficient (Wildman–Crippen LogP) is 0.835. The van der Waals surface area contributed by atoms with Crippen LogP contribution in [-0.2, 0) is 9.59 Å². The number of hydrogen-bond acceptors (Lipinski definition) is 4. The number of carboxylic acids is 1. The summed E-state index contributed by atoms with van der Waals surface area (Å²) in [7, 11) is 0. The molecule has 0 radical (unpaired) electrons. The number of nitrogens with one attached hydrogen (secondary N) is 1. The molecule has 0 saturated heterocycles. The van der Waals surface area contributed by atoms with Crippen molar-refractivity contribution in [3.63, 3.8) is 0 Å². The van der Waals surface area contributed by atoms with Crippen LogP contribution in [0.1, 0.15) is 38.2 Å². The van der Waals surface area contributed by atoms with Gasteiger partial charge in [0.1, 0.15) is 12.4 Å². The summed E-state index contributed by atoms with van der Waals surface area (Å²) in [4.78, 5) is 21.5. The van der Waals surface area contributed by atoms with Crippen LogP contribution in [0.4, 0.5) is 0 Å². The van der Waals surface area contributed by atoms with Gasteiger partial charge in [-0.3, -0.25) is 4.79 Å². The summed E-state index contributed by atoms with van der Waals surface area (Å²) >= 11 is 0. The van der Waals surface area contributed by atoms with Gasteiger partial charge in [0.25, 0.3) is 0 Å². The molecule has 0 aliphatic rings. The van der Waals surface area contributed by atoms with Crippen molar-refractivity contribution in [2.24, 2.45) is 0 Å². The second kappa shape index (κ2) is 8.19. The highest BCUT2D eigenvalue weighted by Crippen LogP contribution is 2.25. The average Bonchev–Trinajstić information content (AvgIpc) is 2.41. The molecule has 0 aromatic heterocycles. The number of carboxylic acid groups (broad SMARTS) is 1. The van der Waals surface area contributed by atoms with E-state index >= 15 is 0 Å². The van der Waals surface area contributed by atoms with E-state index in [4.69, 9.17) is 4.74 Å². The zero-order valence-electron chi connectivity index (χ0n) is 11.8. The van der Waals surface area contributed by atoms with E-state index in [-0.39, 0.29) is 18.7 Å². The number of benzene rings is 1. The molecule has 0 aliphatic carbocycles. The number of aliphatic carboxylic acids is 1. The molecule has 1 N–H and O–H groups in total. The molecular formula is C15H20NO4-. The van der Waals surface area contributed by atoms with E-state index < -0.39 is 5.97 Å². The van der Waals surface area contributed by atoms with Crippen LogP contribution in [0.25, 0.3) is 0 Å². The first kappa shape index (κ1) is 16.0. The minimum absolute atomic E-state index is 0.0646. The number of hydrogen-bond donors (Lipinski definition) is 1. The van der Waals surface area contributed by atoms with Gasteiger partial charge in [0.15, 0.2) is 0 Å². The van der Waals surface area contributed by atoms with E-state index in [0.29, 0.717) is 19.1 Å². The highest BCUT2D eigenvalue weighted by Gasteiger charge is 2.06. The standard InChI is InChI=1S/C15H21NO4/c1-11(2)12-5-3-4-6-13(12)20-10-9-16-14(17)7-8-15(18)19/h3-6,11H,7-10H2,1-2H3,(H,16,17)(H,18,19)/p-1. The van der Waals surface area contributed by atoms with Crippen LogP contribution in [0.2, 0.25) is 0 Å². The van der Waals surface area contributed by atoms with Gasteiger partial charge in [-0.15, -0.1) is 0 Å². The topological polar surface area (TPSA) is 78.5 Å². The SMILES string of the molecule is CC(C)c1ccccc1OCCNC(=O)CCC(=O)[O-]. The van der Waals surface area contributed by atoms with Gasteiger partial charge in [-0.25, -0.2) is 0 Å². The van der Waals surface area contributed by atoms with Crippen LogP contribution in [0.15, 0.2) is 24.3 Å². The maximum Gasteiger partial charge on any atom is 0.220 e. The zero-order valence-corrected chi connectivity index (χ0v) is 11.8. The lowest BCUT2D eigenvalue weighted by atomic mass is 10.0. The fraction of sp³-hybridized carbons (Fsp3) is 0.467. The third-order valence-corrected chi connectivity index (χ3v) is 2.78. The van der Waals surface area contributed by atoms with E-state index in [0.717, 1.165) is 11.3 Å². The quantitative estimate of drug-likeness (QED) is 0.715. The van der Waals surface area contributed by atoms with Gasteiger partial charge < -0.3 is 20.0 Å². The number of amides is 1. The lowest BCUT2D eigenvalue weighted by Gasteiger charge is -2.14. The minimum Gasteiger partial charge on any atom is -0.550 e. The monoisotopic (exact) mass is 278 g/mol. The first-order valence-corrected chi connectivity index (χ1v) is 6.69. The van der Waals surface area contributed by atoms with Gasteiger partial charge >= 0.3 is 0 Å². The summed E-state index contributed by atoms with van der Waals surface area (Å²) in [5.41, 5.74) is 1.12. The van der Waals surface area contributed by atoms with Crippen LogP contribution < -0.4 is 15.2 Å². The van der Waals surface area contributed by atoms with Crippen LogP contribution in [0.5, 0.6) is 5.75 Å². The molecule has 1 rings (SSSR count). The Morgan fingerprint density at radius 3 is 2.60 bits per heavy atom. The smallest absolute Gasteiger partial charge is 0.220 e. The van der Waals surface area contributed by atoms with Gasteiger partial charge in [0.2, 0.25) is 5.91 Å². The summed E-state index contributed by atoms with van der Waals surface area (Å²) < 4.78 is 5.63. The number of ether oxygens (including phenoxy) is 1. The van der Waals surface area contributed by atoms with Gasteiger partial charge in [0.05, 0.1) is 6.54 Å². The van der Waals surface area contributed by atoms with Gasteiger partial charge in [-0.05, 0) is 24.0 Å². The molecule has 1 amide bonds. The zero-order chi connectivity index (χ0) is 15.0. The molecule has 0 bridgehead atoms. The van der Waals surface area contributed by atoms with Crippen molar-refractivity contribution in [2.75, 3.05) is 13.2 Å². The minimum atomic E-state index is -1.22. The fourth-order valence-corrected chi connectivity index (χ4v) is 1.74. The largest absolute Gasteiger partial charge is 0.550 e. The molecule has 0 unspecified atom stereocenters. The van der Waals surface area contributed by atoms with E-state index in [1.54, 1.807) is 0 Å². The third-order valence-electron chi connectivity index (χ3n) is 2.78. The number of carbonyl (C=O) groups is 2. The number of rotatable bonds is 8. The van der Waals surface area contributed by atoms with Crippen molar-refractivity contribution < 1.29 is 19.4 Å². The molecule has 0 spiro atoms. The molecule has 20 heavy (non-hydrogen) atoms. The van der Waals surface area contributed by atoms with E-state index in [1.807, 2.05) is 24.3 Å². The molecule has 0 atom stereocenters. The van der Waals surface area contributed by atoms with Gasteiger partial charge in [0, 0.05) is 12.4 Å². The number of para-hydroxylation sites is 1. The summed E-state index contributed by atoms with van der Waals surface area (Å²) in [5, 5.41) is 12.8. The van der Waals surface area contributed by atoms with Crippen molar-refractivity contribution in [2.45, 2.75) is 32.6 Å². The Hall–Kier alpha value is -2.04. The Kier molecular flexibility index (Phi) is 6.56. The molecule has 0 aliphatic heterocycles. The van der Waals surface area contributed by atoms with Gasteiger partial charge in [-0.2, -0.15) is 0 Å². The van der Waals surface area contributed by atoms with Crippen LogP contribution in [0.3, 0.4) is 0 Å². The van der Waals surface area contributed by atoms with Crippen LogP contribution in [0, 0.1) is 0 Å². The molecule has 110 valence electrons. The van der Waals surface area contributed by atoms with Crippen molar-refractivity contribution in [1.29, 1.82) is 0 Å². The van der Waals surface area contributed by atoms with Crippen LogP contribution in [-0.4, -0.2) is 25.0 Å².